The molecule has 1 saturated heterocycles. The summed E-state index contributed by atoms with van der Waals surface area (Å²) in [7, 11) is 1.94. The number of ether oxygens (including phenoxy) is 2. The molecule has 1 fully saturated rings. The van der Waals surface area contributed by atoms with Gasteiger partial charge in [-0.2, -0.15) is 15.2 Å². The summed E-state index contributed by atoms with van der Waals surface area (Å²) < 4.78 is 15.7. The van der Waals surface area contributed by atoms with Crippen LogP contribution in [0.4, 0.5) is 11.8 Å². The third-order valence-corrected chi connectivity index (χ3v) is 6.52. The minimum absolute atomic E-state index is 0.0530. The lowest BCUT2D eigenvalue weighted by atomic mass is 9.91. The lowest BCUT2D eigenvalue weighted by molar-refractivity contribution is 0.183. The van der Waals surface area contributed by atoms with Crippen molar-refractivity contribution in [3.8, 4) is 11.5 Å². The largest absolute Gasteiger partial charge is 0.454 e. The Morgan fingerprint density at radius 1 is 1.11 bits per heavy atom. The number of aromatic nitrogens is 8. The molecule has 0 aliphatic carbocycles. The first-order chi connectivity index (χ1) is 17.3. The molecule has 2 N–H and O–H groups in total. The van der Waals surface area contributed by atoms with Crippen molar-refractivity contribution in [2.75, 3.05) is 18.5 Å². The highest BCUT2D eigenvalue weighted by Crippen LogP contribution is 2.32. The molecule has 5 aromatic heterocycles. The molecule has 0 amide bonds. The SMILES string of the molecule is Cc1[nH]nc2ncc(Oc3cnc4nc(Nc5cc(C(C)(C)C)n(C6CCOC6)n5)n(C)c4c3)cc12. The summed E-state index contributed by atoms with van der Waals surface area (Å²) in [6.07, 6.45) is 4.28. The lowest BCUT2D eigenvalue weighted by Crippen LogP contribution is -2.22. The normalized spacial score (nSPS) is 16.3. The van der Waals surface area contributed by atoms with Gasteiger partial charge in [-0.25, -0.2) is 9.97 Å². The van der Waals surface area contributed by atoms with Gasteiger partial charge >= 0.3 is 0 Å². The molecule has 6 heterocycles. The van der Waals surface area contributed by atoms with Gasteiger partial charge in [-0.15, -0.1) is 0 Å². The number of H-pyrrole nitrogens is 1. The predicted molar refractivity (Wildman–Crippen MR) is 136 cm³/mol. The average molecular weight is 488 g/mol. The molecule has 36 heavy (non-hydrogen) atoms. The van der Waals surface area contributed by atoms with Gasteiger partial charge < -0.3 is 19.4 Å². The van der Waals surface area contributed by atoms with Crippen LogP contribution in [0, 0.1) is 6.92 Å². The Morgan fingerprint density at radius 3 is 2.64 bits per heavy atom. The Kier molecular flexibility index (Phi) is 5.18. The Morgan fingerprint density at radius 2 is 1.89 bits per heavy atom. The summed E-state index contributed by atoms with van der Waals surface area (Å²) >= 11 is 0. The van der Waals surface area contributed by atoms with Crippen LogP contribution in [0.2, 0.25) is 0 Å². The Hall–Kier alpha value is -3.99. The highest BCUT2D eigenvalue weighted by Gasteiger charge is 2.28. The van der Waals surface area contributed by atoms with Gasteiger partial charge in [-0.05, 0) is 19.4 Å². The van der Waals surface area contributed by atoms with E-state index in [9.17, 15) is 0 Å². The molecule has 0 radical (unpaired) electrons. The maximum atomic E-state index is 6.06. The Bertz CT molecular complexity index is 1570. The fourth-order valence-electron chi connectivity index (χ4n) is 4.53. The van der Waals surface area contributed by atoms with Gasteiger partial charge in [-0.3, -0.25) is 9.78 Å². The van der Waals surface area contributed by atoms with Crippen LogP contribution in [0.1, 0.15) is 44.6 Å². The number of imidazole rings is 1. The Balaban J connectivity index is 1.29. The molecular weight excluding hydrogens is 458 g/mol. The van der Waals surface area contributed by atoms with Gasteiger partial charge in [0.15, 0.2) is 17.1 Å². The molecule has 186 valence electrons. The molecule has 11 nitrogen and oxygen atoms in total. The molecule has 1 aliphatic rings. The molecule has 0 spiro atoms. The highest BCUT2D eigenvalue weighted by molar-refractivity contribution is 5.79. The van der Waals surface area contributed by atoms with E-state index in [1.54, 1.807) is 12.4 Å². The number of rotatable bonds is 5. The molecule has 1 aliphatic heterocycles. The highest BCUT2D eigenvalue weighted by atomic mass is 16.5. The first-order valence-corrected chi connectivity index (χ1v) is 12.0. The number of fused-ring (bicyclic) bond motifs is 2. The van der Waals surface area contributed by atoms with E-state index >= 15 is 0 Å². The number of aryl methyl sites for hydroxylation is 2. The quantitative estimate of drug-likeness (QED) is 0.371. The number of pyridine rings is 2. The average Bonchev–Trinajstić information content (AvgIpc) is 3.62. The number of hydrogen-bond donors (Lipinski definition) is 2. The molecule has 1 unspecified atom stereocenters. The smallest absolute Gasteiger partial charge is 0.210 e. The van der Waals surface area contributed by atoms with Gasteiger partial charge in [0.05, 0.1) is 30.6 Å². The van der Waals surface area contributed by atoms with Gasteiger partial charge in [0, 0.05) is 48.0 Å². The second kappa shape index (κ2) is 8.30. The van der Waals surface area contributed by atoms with E-state index in [2.05, 4.69) is 62.0 Å². The minimum Gasteiger partial charge on any atom is -0.454 e. The number of nitrogens with one attached hydrogen (secondary N) is 2. The van der Waals surface area contributed by atoms with Crippen LogP contribution in [0.15, 0.2) is 30.6 Å². The molecule has 11 heteroatoms. The zero-order valence-electron chi connectivity index (χ0n) is 21.0. The molecule has 0 saturated carbocycles. The van der Waals surface area contributed by atoms with E-state index in [1.807, 2.05) is 30.7 Å². The van der Waals surface area contributed by atoms with Crippen LogP contribution in [-0.2, 0) is 17.2 Å². The summed E-state index contributed by atoms with van der Waals surface area (Å²) in [5, 5.41) is 16.3. The van der Waals surface area contributed by atoms with Gasteiger partial charge in [-0.1, -0.05) is 20.8 Å². The summed E-state index contributed by atoms with van der Waals surface area (Å²) in [6.45, 7) is 9.99. The van der Waals surface area contributed by atoms with Crippen LogP contribution in [0.3, 0.4) is 0 Å². The van der Waals surface area contributed by atoms with Crippen molar-refractivity contribution in [1.82, 2.24) is 39.5 Å². The maximum Gasteiger partial charge on any atom is 0.210 e. The standard InChI is InChI=1S/C25H29N9O2/c1-14-18-8-16(11-26-22(18)31-30-14)36-17-9-19-23(27-12-17)29-24(33(19)5)28-21-10-20(25(2,3)4)34(32-21)15-6-7-35-13-15/h8-12,15H,6-7,13H2,1-5H3,(H,26,30,31)(H,27,28,29,32). The van der Waals surface area contributed by atoms with Gasteiger partial charge in [0.2, 0.25) is 5.95 Å². The summed E-state index contributed by atoms with van der Waals surface area (Å²) in [5.41, 5.74) is 4.16. The van der Waals surface area contributed by atoms with Crippen molar-refractivity contribution in [2.45, 2.75) is 45.6 Å². The lowest BCUT2D eigenvalue weighted by Gasteiger charge is -2.22. The van der Waals surface area contributed by atoms with Crippen LogP contribution >= 0.6 is 0 Å². The number of hydrogen-bond acceptors (Lipinski definition) is 8. The first kappa shape index (κ1) is 22.5. The molecule has 5 aromatic rings. The second-order valence-corrected chi connectivity index (χ2v) is 10.3. The van der Waals surface area contributed by atoms with Crippen LogP contribution in [0.5, 0.6) is 11.5 Å². The maximum absolute atomic E-state index is 6.06. The van der Waals surface area contributed by atoms with Crippen molar-refractivity contribution in [3.05, 3.63) is 42.0 Å². The van der Waals surface area contributed by atoms with E-state index in [1.165, 1.54) is 0 Å². The fraction of sp³-hybridized carbons (Fsp3) is 0.400. The van der Waals surface area contributed by atoms with E-state index in [4.69, 9.17) is 14.6 Å². The monoisotopic (exact) mass is 487 g/mol. The number of anilines is 2. The van der Waals surface area contributed by atoms with Gasteiger partial charge in [0.25, 0.3) is 0 Å². The van der Waals surface area contributed by atoms with Crippen molar-refractivity contribution in [2.24, 2.45) is 7.05 Å². The number of aromatic amines is 1. The van der Waals surface area contributed by atoms with Crippen LogP contribution in [-0.4, -0.2) is 52.7 Å². The van der Waals surface area contributed by atoms with Gasteiger partial charge in [0.1, 0.15) is 11.5 Å². The van der Waals surface area contributed by atoms with Crippen LogP contribution < -0.4 is 10.1 Å². The number of nitrogens with zero attached hydrogens (tertiary/aromatic N) is 7. The molecule has 6 rings (SSSR count). The van der Waals surface area contributed by atoms with Crippen molar-refractivity contribution in [3.63, 3.8) is 0 Å². The van der Waals surface area contributed by atoms with Crippen molar-refractivity contribution in [1.29, 1.82) is 0 Å². The first-order valence-electron chi connectivity index (χ1n) is 12.0. The van der Waals surface area contributed by atoms with Crippen molar-refractivity contribution < 1.29 is 9.47 Å². The molecular formula is C25H29N9O2. The molecule has 0 bridgehead atoms. The fourth-order valence-corrected chi connectivity index (χ4v) is 4.53. The predicted octanol–water partition coefficient (Wildman–Crippen LogP) is 4.54. The van der Waals surface area contributed by atoms with E-state index in [0.29, 0.717) is 35.3 Å². The van der Waals surface area contributed by atoms with Crippen LogP contribution in [0.25, 0.3) is 22.2 Å². The zero-order valence-corrected chi connectivity index (χ0v) is 21.0. The van der Waals surface area contributed by atoms with E-state index in [-0.39, 0.29) is 11.5 Å². The third-order valence-electron chi connectivity index (χ3n) is 6.52. The molecule has 0 aromatic carbocycles. The van der Waals surface area contributed by atoms with Crippen molar-refractivity contribution >= 4 is 34.0 Å². The third kappa shape index (κ3) is 3.95. The minimum atomic E-state index is -0.0530. The summed E-state index contributed by atoms with van der Waals surface area (Å²) in [6, 6.07) is 6.18. The zero-order chi connectivity index (χ0) is 25.0. The molecule has 1 atom stereocenters. The van der Waals surface area contributed by atoms with E-state index in [0.717, 1.165) is 41.1 Å². The second-order valence-electron chi connectivity index (χ2n) is 10.3. The Labute approximate surface area is 207 Å². The topological polar surface area (TPSA) is 121 Å². The van der Waals surface area contributed by atoms with E-state index < -0.39 is 0 Å². The summed E-state index contributed by atoms with van der Waals surface area (Å²) in [5.74, 6) is 2.61. The summed E-state index contributed by atoms with van der Waals surface area (Å²) in [4.78, 5) is 13.6.